The summed E-state index contributed by atoms with van der Waals surface area (Å²) in [7, 11) is 0. The highest BCUT2D eigenvalue weighted by molar-refractivity contribution is 9.10. The van der Waals surface area contributed by atoms with E-state index < -0.39 is 0 Å². The first kappa shape index (κ1) is 20.8. The van der Waals surface area contributed by atoms with E-state index in [2.05, 4.69) is 26.2 Å². The van der Waals surface area contributed by atoms with Crippen LogP contribution in [-0.2, 0) is 0 Å². The van der Waals surface area contributed by atoms with Crippen molar-refractivity contribution in [2.24, 2.45) is 0 Å². The summed E-state index contributed by atoms with van der Waals surface area (Å²) < 4.78 is 34.0. The minimum absolute atomic E-state index is 0.288. The fourth-order valence-electron chi connectivity index (χ4n) is 3.87. The molecule has 2 atom stereocenters. The number of hydrogen-bond donors (Lipinski definition) is 1. The molecule has 1 N–H and O–H groups in total. The van der Waals surface area contributed by atoms with E-state index in [9.17, 15) is 8.78 Å². The van der Waals surface area contributed by atoms with Gasteiger partial charge in [-0.1, -0.05) is 6.07 Å². The van der Waals surface area contributed by atoms with Crippen molar-refractivity contribution in [3.05, 3.63) is 107 Å². The highest BCUT2D eigenvalue weighted by Gasteiger charge is 2.42. The van der Waals surface area contributed by atoms with E-state index in [1.807, 2.05) is 35.2 Å². The number of nitrogens with zero attached hydrogens (tertiary/aromatic N) is 2. The smallest absolute Gasteiger partial charge is 0.174 e. The van der Waals surface area contributed by atoms with Crippen LogP contribution in [0.15, 0.2) is 87.9 Å². The van der Waals surface area contributed by atoms with Crippen LogP contribution >= 0.6 is 28.1 Å². The van der Waals surface area contributed by atoms with Gasteiger partial charge in [-0.25, -0.2) is 8.78 Å². The molecule has 32 heavy (non-hydrogen) atoms. The van der Waals surface area contributed by atoms with Crippen LogP contribution in [0.25, 0.3) is 11.3 Å². The van der Waals surface area contributed by atoms with Gasteiger partial charge in [0.2, 0.25) is 0 Å². The number of thiocarbonyl (C=S) groups is 1. The molecule has 3 heterocycles. The van der Waals surface area contributed by atoms with Gasteiger partial charge in [-0.15, -0.1) is 0 Å². The molecule has 0 bridgehead atoms. The first-order chi connectivity index (χ1) is 15.5. The third kappa shape index (κ3) is 3.80. The van der Waals surface area contributed by atoms with Crippen molar-refractivity contribution >= 4 is 38.9 Å². The van der Waals surface area contributed by atoms with Gasteiger partial charge in [-0.05, 0) is 94.9 Å². The van der Waals surface area contributed by atoms with E-state index in [0.29, 0.717) is 21.1 Å². The highest BCUT2D eigenvalue weighted by atomic mass is 79.9. The molecule has 0 amide bonds. The van der Waals surface area contributed by atoms with Gasteiger partial charge >= 0.3 is 0 Å². The summed E-state index contributed by atoms with van der Waals surface area (Å²) in [5.41, 5.74) is 2.26. The molecule has 1 aliphatic rings. The molecular formula is C24H16BrF2N3OS. The minimum atomic E-state index is -0.365. The molecule has 1 aliphatic heterocycles. The predicted octanol–water partition coefficient (Wildman–Crippen LogP) is 6.56. The zero-order valence-electron chi connectivity index (χ0n) is 16.5. The largest absolute Gasteiger partial charge is 0.459 e. The van der Waals surface area contributed by atoms with Crippen LogP contribution in [0.1, 0.15) is 23.5 Å². The lowest BCUT2D eigenvalue weighted by atomic mass is 10.0. The van der Waals surface area contributed by atoms with Gasteiger partial charge in [0, 0.05) is 21.9 Å². The van der Waals surface area contributed by atoms with Crippen molar-refractivity contribution < 1.29 is 13.2 Å². The number of aromatic nitrogens is 1. The second kappa shape index (κ2) is 8.44. The summed E-state index contributed by atoms with van der Waals surface area (Å²) in [6.45, 7) is 0. The Morgan fingerprint density at radius 3 is 2.47 bits per heavy atom. The molecular weight excluding hydrogens is 496 g/mol. The van der Waals surface area contributed by atoms with Crippen LogP contribution < -0.4 is 10.2 Å². The number of halogens is 3. The maximum atomic E-state index is 13.6. The van der Waals surface area contributed by atoms with E-state index in [0.717, 1.165) is 16.9 Å². The number of benzene rings is 2. The molecule has 1 fully saturated rings. The van der Waals surface area contributed by atoms with Gasteiger partial charge in [-0.3, -0.25) is 4.98 Å². The normalized spacial score (nSPS) is 18.1. The highest BCUT2D eigenvalue weighted by Crippen LogP contribution is 2.43. The molecule has 0 aliphatic carbocycles. The first-order valence-corrected chi connectivity index (χ1v) is 11.0. The van der Waals surface area contributed by atoms with Crippen molar-refractivity contribution in [3.63, 3.8) is 0 Å². The van der Waals surface area contributed by atoms with Crippen LogP contribution in [0.4, 0.5) is 14.5 Å². The Morgan fingerprint density at radius 1 is 0.969 bits per heavy atom. The van der Waals surface area contributed by atoms with E-state index in [1.54, 1.807) is 24.4 Å². The maximum Gasteiger partial charge on any atom is 0.174 e. The van der Waals surface area contributed by atoms with Crippen molar-refractivity contribution in [1.29, 1.82) is 0 Å². The monoisotopic (exact) mass is 511 g/mol. The van der Waals surface area contributed by atoms with Crippen molar-refractivity contribution in [1.82, 2.24) is 10.3 Å². The number of furan rings is 1. The van der Waals surface area contributed by atoms with Crippen molar-refractivity contribution in [3.8, 4) is 11.3 Å². The van der Waals surface area contributed by atoms with Crippen LogP contribution in [0, 0.1) is 11.6 Å². The van der Waals surface area contributed by atoms with Gasteiger partial charge in [0.15, 0.2) is 5.11 Å². The van der Waals surface area contributed by atoms with E-state index in [-0.39, 0.29) is 23.7 Å². The quantitative estimate of drug-likeness (QED) is 0.314. The summed E-state index contributed by atoms with van der Waals surface area (Å²) in [6.07, 6.45) is 1.72. The fraction of sp³-hybridized carbons (Fsp3) is 0.0833. The van der Waals surface area contributed by atoms with Crippen LogP contribution in [0.3, 0.4) is 0 Å². The molecule has 4 aromatic rings. The second-order valence-electron chi connectivity index (χ2n) is 7.30. The predicted molar refractivity (Wildman–Crippen MR) is 126 cm³/mol. The average molecular weight is 512 g/mol. The Bertz CT molecular complexity index is 1280. The Kier molecular flexibility index (Phi) is 5.48. The third-order valence-corrected chi connectivity index (χ3v) is 6.29. The molecule has 0 radical (unpaired) electrons. The van der Waals surface area contributed by atoms with Gasteiger partial charge in [0.05, 0.1) is 11.7 Å². The third-order valence-electron chi connectivity index (χ3n) is 5.32. The molecule has 0 spiro atoms. The van der Waals surface area contributed by atoms with Crippen LogP contribution in [-0.4, -0.2) is 10.1 Å². The minimum Gasteiger partial charge on any atom is -0.459 e. The molecule has 1 saturated heterocycles. The summed E-state index contributed by atoms with van der Waals surface area (Å²) in [4.78, 5) is 6.40. The Hall–Kier alpha value is -3.10. The van der Waals surface area contributed by atoms with Gasteiger partial charge in [-0.2, -0.15) is 0 Å². The Labute approximate surface area is 197 Å². The lowest BCUT2D eigenvalue weighted by Crippen LogP contribution is -2.29. The lowest BCUT2D eigenvalue weighted by molar-refractivity contribution is 0.439. The second-order valence-corrected chi connectivity index (χ2v) is 8.54. The molecule has 2 aromatic heterocycles. The average Bonchev–Trinajstić information content (AvgIpc) is 3.39. The summed E-state index contributed by atoms with van der Waals surface area (Å²) >= 11 is 9.05. The van der Waals surface area contributed by atoms with E-state index in [4.69, 9.17) is 16.6 Å². The van der Waals surface area contributed by atoms with Gasteiger partial charge in [0.25, 0.3) is 0 Å². The zero-order chi connectivity index (χ0) is 22.2. The van der Waals surface area contributed by atoms with Crippen LogP contribution in [0.5, 0.6) is 0 Å². The molecule has 160 valence electrons. The van der Waals surface area contributed by atoms with E-state index >= 15 is 0 Å². The van der Waals surface area contributed by atoms with Crippen molar-refractivity contribution in [2.45, 2.75) is 12.1 Å². The Morgan fingerprint density at radius 2 is 1.75 bits per heavy atom. The number of rotatable bonds is 4. The fourth-order valence-corrected chi connectivity index (χ4v) is 4.76. The first-order valence-electron chi connectivity index (χ1n) is 9.82. The lowest BCUT2D eigenvalue weighted by Gasteiger charge is -2.26. The Balaban J connectivity index is 1.60. The number of anilines is 1. The molecule has 8 heteroatoms. The maximum absolute atomic E-state index is 13.6. The SMILES string of the molecule is Fc1ccc(N2C(=S)N[C@@H](c3ccccn3)[C@H]2c2ccc(-c3ccc(F)cc3Br)o2)cc1. The van der Waals surface area contributed by atoms with Gasteiger partial charge in [0.1, 0.15) is 29.2 Å². The molecule has 0 saturated carbocycles. The summed E-state index contributed by atoms with van der Waals surface area (Å²) in [6, 6.07) is 19.3. The number of pyridine rings is 1. The van der Waals surface area contributed by atoms with Gasteiger partial charge < -0.3 is 14.6 Å². The standard InChI is InChI=1S/C24H16BrF2N3OS/c25-18-13-15(27)6-9-17(18)20-10-11-21(31-20)23-22(19-3-1-2-12-28-19)29-24(32)30(23)16-7-4-14(26)5-8-16/h1-13,22-23H,(H,29,32)/t22-,23+/m0/s1. The molecule has 2 aromatic carbocycles. The molecule has 5 rings (SSSR count). The number of hydrogen-bond acceptors (Lipinski definition) is 3. The topological polar surface area (TPSA) is 41.3 Å². The molecule has 0 unspecified atom stereocenters. The van der Waals surface area contributed by atoms with Crippen LogP contribution in [0.2, 0.25) is 0 Å². The zero-order valence-corrected chi connectivity index (χ0v) is 18.9. The summed E-state index contributed by atoms with van der Waals surface area (Å²) in [5.74, 6) is 0.564. The van der Waals surface area contributed by atoms with E-state index in [1.165, 1.54) is 24.3 Å². The number of nitrogens with one attached hydrogen (secondary N) is 1. The molecule has 4 nitrogen and oxygen atoms in total. The summed E-state index contributed by atoms with van der Waals surface area (Å²) in [5, 5.41) is 3.82. The van der Waals surface area contributed by atoms with Crippen molar-refractivity contribution in [2.75, 3.05) is 4.90 Å².